The summed E-state index contributed by atoms with van der Waals surface area (Å²) in [4.78, 5) is 18.1. The smallest absolute Gasteiger partial charge is 0.279 e. The third kappa shape index (κ3) is 5.49. The predicted octanol–water partition coefficient (Wildman–Crippen LogP) is 3.33. The Morgan fingerprint density at radius 2 is 1.81 bits per heavy atom. The lowest BCUT2D eigenvalue weighted by atomic mass is 10.1. The fourth-order valence-electron chi connectivity index (χ4n) is 2.89. The number of nitrogens with zero attached hydrogens (tertiary/aromatic N) is 1. The van der Waals surface area contributed by atoms with Crippen LogP contribution >= 0.6 is 11.3 Å². The number of thiazole rings is 1. The second-order valence-corrected chi connectivity index (χ2v) is 7.78. The molecular formula is C22H26N3OS+. The summed E-state index contributed by atoms with van der Waals surface area (Å²) in [5, 5.41) is 6.07. The first kappa shape index (κ1) is 19.3. The Balaban J connectivity index is 1.54. The van der Waals surface area contributed by atoms with Crippen LogP contribution in [0.4, 0.5) is 5.69 Å². The number of quaternary nitrogens is 1. The number of anilines is 1. The topological polar surface area (TPSA) is 46.4 Å². The molecule has 0 radical (unpaired) electrons. The second-order valence-electron chi connectivity index (χ2n) is 6.92. The van der Waals surface area contributed by atoms with Gasteiger partial charge in [0, 0.05) is 16.6 Å². The fourth-order valence-corrected chi connectivity index (χ4v) is 3.72. The van der Waals surface area contributed by atoms with E-state index in [1.165, 1.54) is 11.1 Å². The molecule has 0 aliphatic rings. The molecule has 5 heteroatoms. The van der Waals surface area contributed by atoms with Gasteiger partial charge < -0.3 is 10.2 Å². The van der Waals surface area contributed by atoms with E-state index in [-0.39, 0.29) is 5.91 Å². The number of carbonyl (C=O) groups is 1. The summed E-state index contributed by atoms with van der Waals surface area (Å²) in [6.07, 6.45) is 1.04. The van der Waals surface area contributed by atoms with Gasteiger partial charge in [-0.2, -0.15) is 0 Å². The molecule has 1 atom stereocenters. The molecule has 0 aliphatic carbocycles. The Morgan fingerprint density at radius 3 is 2.48 bits per heavy atom. The largest absolute Gasteiger partial charge is 0.325 e. The van der Waals surface area contributed by atoms with E-state index >= 15 is 0 Å². The number of aromatic nitrogens is 1. The Bertz CT molecular complexity index is 885. The molecule has 0 saturated carbocycles. The molecule has 0 spiro atoms. The van der Waals surface area contributed by atoms with Crippen molar-refractivity contribution >= 4 is 22.9 Å². The number of likely N-dealkylation sites (N-methyl/N-ethyl adjacent to an activating group) is 1. The van der Waals surface area contributed by atoms with Gasteiger partial charge in [0.1, 0.15) is 17.2 Å². The van der Waals surface area contributed by atoms with Crippen LogP contribution in [0.2, 0.25) is 0 Å². The van der Waals surface area contributed by atoms with E-state index in [1.54, 1.807) is 11.3 Å². The van der Waals surface area contributed by atoms with Gasteiger partial charge in [-0.15, -0.1) is 11.3 Å². The highest BCUT2D eigenvalue weighted by Crippen LogP contribution is 2.23. The van der Waals surface area contributed by atoms with Crippen LogP contribution in [-0.4, -0.2) is 24.5 Å². The predicted molar refractivity (Wildman–Crippen MR) is 112 cm³/mol. The minimum Gasteiger partial charge on any atom is -0.325 e. The van der Waals surface area contributed by atoms with Crippen LogP contribution in [0.15, 0.2) is 53.9 Å². The van der Waals surface area contributed by atoms with Gasteiger partial charge in [0.15, 0.2) is 6.54 Å². The maximum absolute atomic E-state index is 12.2. The minimum absolute atomic E-state index is 0.0157. The van der Waals surface area contributed by atoms with Gasteiger partial charge in [0.25, 0.3) is 5.91 Å². The lowest BCUT2D eigenvalue weighted by Gasteiger charge is -2.12. The van der Waals surface area contributed by atoms with Crippen molar-refractivity contribution in [1.82, 2.24) is 4.98 Å². The number of rotatable bonds is 7. The average molecular weight is 381 g/mol. The average Bonchev–Trinajstić information content (AvgIpc) is 3.12. The first-order valence-corrected chi connectivity index (χ1v) is 10.1. The van der Waals surface area contributed by atoms with E-state index < -0.39 is 0 Å². The van der Waals surface area contributed by atoms with Crippen LogP contribution in [0.5, 0.6) is 0 Å². The van der Waals surface area contributed by atoms with Crippen LogP contribution < -0.4 is 10.2 Å². The molecule has 0 saturated heterocycles. The lowest BCUT2D eigenvalue weighted by molar-refractivity contribution is -0.885. The summed E-state index contributed by atoms with van der Waals surface area (Å²) in [5.41, 5.74) is 5.53. The fraction of sp³-hybridized carbons (Fsp3) is 0.273. The summed E-state index contributed by atoms with van der Waals surface area (Å²) in [5.74, 6) is 0.0157. The molecule has 1 unspecified atom stereocenters. The van der Waals surface area contributed by atoms with Gasteiger partial charge in [-0.05, 0) is 31.0 Å². The standard InChI is InChI=1S/C22H25N3OS/c1-4-17-7-9-18(10-8-17)22-24-20(15-27-22)13-25(3)14-21(26)23-19-11-5-16(2)6-12-19/h5-12,15H,4,13-14H2,1-3H3,(H,23,26)/p+1. The van der Waals surface area contributed by atoms with Crippen LogP contribution in [0, 0.1) is 6.92 Å². The molecule has 2 N–H and O–H groups in total. The van der Waals surface area contributed by atoms with Crippen molar-refractivity contribution in [2.24, 2.45) is 0 Å². The minimum atomic E-state index is 0.0157. The molecule has 0 fully saturated rings. The van der Waals surface area contributed by atoms with E-state index in [0.29, 0.717) is 6.54 Å². The highest BCUT2D eigenvalue weighted by atomic mass is 32.1. The first-order valence-electron chi connectivity index (χ1n) is 9.25. The number of benzene rings is 2. The molecule has 27 heavy (non-hydrogen) atoms. The van der Waals surface area contributed by atoms with Gasteiger partial charge in [-0.25, -0.2) is 4.98 Å². The lowest BCUT2D eigenvalue weighted by Crippen LogP contribution is -3.08. The number of carbonyl (C=O) groups excluding carboxylic acids is 1. The van der Waals surface area contributed by atoms with Crippen LogP contribution in [0.3, 0.4) is 0 Å². The number of amides is 1. The number of hydrogen-bond acceptors (Lipinski definition) is 3. The molecule has 1 heterocycles. The van der Waals surface area contributed by atoms with Crippen molar-refractivity contribution < 1.29 is 9.69 Å². The third-order valence-electron chi connectivity index (χ3n) is 4.44. The molecule has 3 aromatic rings. The van der Waals surface area contributed by atoms with Gasteiger partial charge >= 0.3 is 0 Å². The first-order chi connectivity index (χ1) is 13.0. The van der Waals surface area contributed by atoms with Gasteiger partial charge in [0.05, 0.1) is 7.05 Å². The molecule has 3 rings (SSSR count). The maximum atomic E-state index is 12.2. The molecule has 1 amide bonds. The van der Waals surface area contributed by atoms with Crippen molar-refractivity contribution in [3.63, 3.8) is 0 Å². The van der Waals surface area contributed by atoms with E-state index in [2.05, 4.69) is 41.9 Å². The zero-order valence-electron chi connectivity index (χ0n) is 16.1. The summed E-state index contributed by atoms with van der Waals surface area (Å²) in [6.45, 7) is 5.32. The van der Waals surface area contributed by atoms with Gasteiger partial charge in [-0.3, -0.25) is 4.79 Å². The van der Waals surface area contributed by atoms with Crippen molar-refractivity contribution in [3.8, 4) is 10.6 Å². The monoisotopic (exact) mass is 380 g/mol. The Morgan fingerprint density at radius 1 is 1.11 bits per heavy atom. The van der Waals surface area contributed by atoms with Crippen LogP contribution in [0.25, 0.3) is 10.6 Å². The Hall–Kier alpha value is -2.50. The molecule has 4 nitrogen and oxygen atoms in total. The summed E-state index contributed by atoms with van der Waals surface area (Å²) in [7, 11) is 2.02. The van der Waals surface area contributed by atoms with Crippen molar-refractivity contribution in [3.05, 3.63) is 70.7 Å². The number of aryl methyl sites for hydroxylation is 2. The normalized spacial score (nSPS) is 12.0. The molecular weight excluding hydrogens is 354 g/mol. The summed E-state index contributed by atoms with van der Waals surface area (Å²) in [6, 6.07) is 16.4. The zero-order valence-corrected chi connectivity index (χ0v) is 16.9. The van der Waals surface area contributed by atoms with Crippen molar-refractivity contribution in [1.29, 1.82) is 0 Å². The quantitative estimate of drug-likeness (QED) is 0.660. The third-order valence-corrected chi connectivity index (χ3v) is 5.38. The Labute approximate surface area is 164 Å². The highest BCUT2D eigenvalue weighted by molar-refractivity contribution is 7.13. The van der Waals surface area contributed by atoms with Crippen molar-refractivity contribution in [2.45, 2.75) is 26.8 Å². The van der Waals surface area contributed by atoms with E-state index in [9.17, 15) is 4.79 Å². The summed E-state index contributed by atoms with van der Waals surface area (Å²) >= 11 is 1.66. The molecule has 2 aromatic carbocycles. The summed E-state index contributed by atoms with van der Waals surface area (Å²) < 4.78 is 0. The molecule has 1 aromatic heterocycles. The van der Waals surface area contributed by atoms with Gasteiger partial charge in [-0.1, -0.05) is 48.9 Å². The molecule has 0 bridgehead atoms. The SMILES string of the molecule is CCc1ccc(-c2nc(C[NH+](C)CC(=O)Nc3ccc(C)cc3)cs2)cc1. The van der Waals surface area contributed by atoms with Crippen LogP contribution in [0.1, 0.15) is 23.7 Å². The van der Waals surface area contributed by atoms with Gasteiger partial charge in [0.2, 0.25) is 0 Å². The zero-order chi connectivity index (χ0) is 19.2. The number of hydrogen-bond donors (Lipinski definition) is 2. The van der Waals surface area contributed by atoms with Crippen LogP contribution in [-0.2, 0) is 17.8 Å². The van der Waals surface area contributed by atoms with E-state index in [0.717, 1.165) is 39.8 Å². The second kappa shape index (κ2) is 8.93. The molecule has 140 valence electrons. The number of nitrogens with one attached hydrogen (secondary N) is 2. The van der Waals surface area contributed by atoms with E-state index in [4.69, 9.17) is 4.98 Å². The molecule has 0 aliphatic heterocycles. The van der Waals surface area contributed by atoms with Crippen molar-refractivity contribution in [2.75, 3.05) is 18.9 Å². The maximum Gasteiger partial charge on any atom is 0.279 e. The van der Waals surface area contributed by atoms with E-state index in [1.807, 2.05) is 38.2 Å². The Kier molecular flexibility index (Phi) is 6.37. The highest BCUT2D eigenvalue weighted by Gasteiger charge is 2.13.